The number of halogens is 1. The van der Waals surface area contributed by atoms with Gasteiger partial charge in [0.2, 0.25) is 0 Å². The standard InChI is InChI=1S/C14H15ClO4/c1-3-11(14(17)18)10(8-16)6-9-4-5-13(19-2)12(15)7-9/h4-5,7,11H,3,6H2,1-2H3,(H,17,18). The third-order valence-electron chi connectivity index (χ3n) is 2.87. The molecule has 0 heterocycles. The molecule has 19 heavy (non-hydrogen) atoms. The molecule has 0 radical (unpaired) electrons. The molecule has 0 aliphatic heterocycles. The van der Waals surface area contributed by atoms with Gasteiger partial charge in [-0.2, -0.15) is 0 Å². The van der Waals surface area contributed by atoms with E-state index in [-0.39, 0.29) is 12.0 Å². The minimum atomic E-state index is -1.01. The minimum Gasteiger partial charge on any atom is -0.495 e. The molecule has 0 amide bonds. The molecule has 1 rings (SSSR count). The molecule has 1 aromatic rings. The number of methoxy groups -OCH3 is 1. The van der Waals surface area contributed by atoms with E-state index in [1.165, 1.54) is 7.11 Å². The SMILES string of the molecule is CCC(C(=O)O)C(=C=O)Cc1ccc(OC)c(Cl)c1. The van der Waals surface area contributed by atoms with Crippen molar-refractivity contribution in [2.75, 3.05) is 7.11 Å². The molecule has 0 saturated carbocycles. The van der Waals surface area contributed by atoms with Gasteiger partial charge in [0.05, 0.1) is 18.1 Å². The largest absolute Gasteiger partial charge is 0.495 e. The smallest absolute Gasteiger partial charge is 0.311 e. The predicted molar refractivity (Wildman–Crippen MR) is 72.3 cm³/mol. The van der Waals surface area contributed by atoms with E-state index in [4.69, 9.17) is 21.4 Å². The molecular formula is C14H15ClO4. The summed E-state index contributed by atoms with van der Waals surface area (Å²) in [6.45, 7) is 1.72. The monoisotopic (exact) mass is 282 g/mol. The number of rotatable bonds is 6. The zero-order valence-electron chi connectivity index (χ0n) is 10.8. The van der Waals surface area contributed by atoms with Crippen LogP contribution in [0.25, 0.3) is 0 Å². The molecule has 102 valence electrons. The quantitative estimate of drug-likeness (QED) is 0.815. The Morgan fingerprint density at radius 3 is 2.63 bits per heavy atom. The molecule has 4 nitrogen and oxygen atoms in total. The highest BCUT2D eigenvalue weighted by Gasteiger charge is 2.21. The van der Waals surface area contributed by atoms with Crippen molar-refractivity contribution >= 4 is 23.5 Å². The fourth-order valence-electron chi connectivity index (χ4n) is 1.84. The van der Waals surface area contributed by atoms with Crippen LogP contribution in [0.1, 0.15) is 18.9 Å². The van der Waals surface area contributed by atoms with Gasteiger partial charge in [0, 0.05) is 12.0 Å². The van der Waals surface area contributed by atoms with E-state index >= 15 is 0 Å². The molecule has 0 aliphatic carbocycles. The lowest BCUT2D eigenvalue weighted by atomic mass is 9.92. The van der Waals surface area contributed by atoms with Gasteiger partial charge < -0.3 is 9.84 Å². The van der Waals surface area contributed by atoms with E-state index in [9.17, 15) is 9.59 Å². The average molecular weight is 283 g/mol. The topological polar surface area (TPSA) is 63.6 Å². The van der Waals surface area contributed by atoms with Crippen molar-refractivity contribution in [1.29, 1.82) is 0 Å². The van der Waals surface area contributed by atoms with Gasteiger partial charge in [-0.05, 0) is 24.1 Å². The molecule has 1 unspecified atom stereocenters. The van der Waals surface area contributed by atoms with Gasteiger partial charge in [0.15, 0.2) is 0 Å². The number of hydrogen-bond acceptors (Lipinski definition) is 3. The summed E-state index contributed by atoms with van der Waals surface area (Å²) in [5.74, 6) is 0.456. The van der Waals surface area contributed by atoms with Crippen LogP contribution in [-0.4, -0.2) is 24.1 Å². The van der Waals surface area contributed by atoms with E-state index in [2.05, 4.69) is 0 Å². The molecule has 0 saturated heterocycles. The average Bonchev–Trinajstić information content (AvgIpc) is 2.38. The molecule has 0 aliphatic rings. The van der Waals surface area contributed by atoms with Crippen LogP contribution in [0.4, 0.5) is 0 Å². The lowest BCUT2D eigenvalue weighted by Gasteiger charge is -2.12. The molecule has 0 spiro atoms. The first kappa shape index (κ1) is 15.3. The van der Waals surface area contributed by atoms with Gasteiger partial charge in [-0.15, -0.1) is 0 Å². The Bertz CT molecular complexity index is 518. The maximum Gasteiger partial charge on any atom is 0.311 e. The molecule has 1 atom stereocenters. The van der Waals surface area contributed by atoms with Gasteiger partial charge in [-0.3, -0.25) is 4.79 Å². The number of carbonyl (C=O) groups excluding carboxylic acids is 1. The molecule has 5 heteroatoms. The third-order valence-corrected chi connectivity index (χ3v) is 3.16. The normalized spacial score (nSPS) is 11.5. The van der Waals surface area contributed by atoms with Gasteiger partial charge >= 0.3 is 5.97 Å². The second-order valence-corrected chi connectivity index (χ2v) is 4.48. The molecule has 1 aromatic carbocycles. The summed E-state index contributed by atoms with van der Waals surface area (Å²) in [6.07, 6.45) is 0.571. The zero-order chi connectivity index (χ0) is 14.4. The number of hydrogen-bond donors (Lipinski definition) is 1. The summed E-state index contributed by atoms with van der Waals surface area (Å²) < 4.78 is 5.03. The van der Waals surface area contributed by atoms with Crippen LogP contribution in [-0.2, 0) is 16.0 Å². The van der Waals surface area contributed by atoms with Crippen molar-refractivity contribution in [3.05, 3.63) is 34.4 Å². The number of benzene rings is 1. The molecule has 1 N–H and O–H groups in total. The second kappa shape index (κ2) is 6.98. The fraction of sp³-hybridized carbons (Fsp3) is 0.357. The molecule has 0 bridgehead atoms. The Labute approximate surface area is 116 Å². The van der Waals surface area contributed by atoms with Crippen molar-refractivity contribution in [3.8, 4) is 5.75 Å². The van der Waals surface area contributed by atoms with Crippen LogP contribution in [0.15, 0.2) is 23.8 Å². The first-order chi connectivity index (χ1) is 9.03. The van der Waals surface area contributed by atoms with Crippen molar-refractivity contribution in [2.45, 2.75) is 19.8 Å². The first-order valence-electron chi connectivity index (χ1n) is 5.82. The van der Waals surface area contributed by atoms with E-state index in [0.717, 1.165) is 5.56 Å². The lowest BCUT2D eigenvalue weighted by Crippen LogP contribution is -2.17. The van der Waals surface area contributed by atoms with Crippen molar-refractivity contribution < 1.29 is 19.4 Å². The zero-order valence-corrected chi connectivity index (χ0v) is 11.5. The van der Waals surface area contributed by atoms with Crippen LogP contribution >= 0.6 is 11.6 Å². The maximum atomic E-state index is 11.0. The highest BCUT2D eigenvalue weighted by Crippen LogP contribution is 2.27. The number of ether oxygens (including phenoxy) is 1. The lowest BCUT2D eigenvalue weighted by molar-refractivity contribution is -0.140. The second-order valence-electron chi connectivity index (χ2n) is 4.07. The third kappa shape index (κ3) is 3.85. The maximum absolute atomic E-state index is 11.0. The minimum absolute atomic E-state index is 0.219. The van der Waals surface area contributed by atoms with E-state index in [1.807, 2.05) is 0 Å². The summed E-state index contributed by atoms with van der Waals surface area (Å²) in [4.78, 5) is 22.0. The van der Waals surface area contributed by atoms with Crippen LogP contribution in [0, 0.1) is 5.92 Å². The molecule has 0 aromatic heterocycles. The summed E-state index contributed by atoms with van der Waals surface area (Å²) in [5, 5.41) is 9.47. The first-order valence-corrected chi connectivity index (χ1v) is 6.20. The molecular weight excluding hydrogens is 268 g/mol. The van der Waals surface area contributed by atoms with E-state index in [1.54, 1.807) is 31.1 Å². The predicted octanol–water partition coefficient (Wildman–Crippen LogP) is 2.76. The molecule has 0 fully saturated rings. The van der Waals surface area contributed by atoms with Crippen LogP contribution < -0.4 is 4.74 Å². The van der Waals surface area contributed by atoms with E-state index in [0.29, 0.717) is 17.2 Å². The Balaban J connectivity index is 2.97. The highest BCUT2D eigenvalue weighted by molar-refractivity contribution is 6.32. The van der Waals surface area contributed by atoms with Gasteiger partial charge in [-0.1, -0.05) is 24.6 Å². The van der Waals surface area contributed by atoms with Gasteiger partial charge in [0.25, 0.3) is 0 Å². The van der Waals surface area contributed by atoms with Crippen molar-refractivity contribution in [3.63, 3.8) is 0 Å². The van der Waals surface area contributed by atoms with Gasteiger partial charge in [-0.25, -0.2) is 4.79 Å². The summed E-state index contributed by atoms with van der Waals surface area (Å²) >= 11 is 5.98. The Morgan fingerprint density at radius 1 is 1.53 bits per heavy atom. The Morgan fingerprint density at radius 2 is 2.21 bits per heavy atom. The fourth-order valence-corrected chi connectivity index (χ4v) is 2.12. The highest BCUT2D eigenvalue weighted by atomic mass is 35.5. The van der Waals surface area contributed by atoms with Gasteiger partial charge in [0.1, 0.15) is 11.7 Å². The van der Waals surface area contributed by atoms with Crippen LogP contribution in [0.5, 0.6) is 5.75 Å². The number of carboxylic acid groups (broad SMARTS) is 1. The summed E-state index contributed by atoms with van der Waals surface area (Å²) in [6, 6.07) is 5.09. The number of carboxylic acids is 1. The van der Waals surface area contributed by atoms with Crippen LogP contribution in [0.2, 0.25) is 5.02 Å². The summed E-state index contributed by atoms with van der Waals surface area (Å²) in [7, 11) is 1.51. The van der Waals surface area contributed by atoms with Crippen LogP contribution in [0.3, 0.4) is 0 Å². The van der Waals surface area contributed by atoms with Crippen molar-refractivity contribution in [1.82, 2.24) is 0 Å². The van der Waals surface area contributed by atoms with Crippen molar-refractivity contribution in [2.24, 2.45) is 5.92 Å². The Hall–Kier alpha value is -1.77. The van der Waals surface area contributed by atoms with E-state index < -0.39 is 11.9 Å². The summed E-state index contributed by atoms with van der Waals surface area (Å²) in [5.41, 5.74) is 0.972. The number of carbonyl (C=O) groups is 1. The number of aliphatic carboxylic acids is 1. The Kier molecular flexibility index (Phi) is 5.61.